The van der Waals surface area contributed by atoms with Gasteiger partial charge in [0, 0.05) is 23.9 Å². The minimum absolute atomic E-state index is 0.698. The van der Waals surface area contributed by atoms with Crippen molar-refractivity contribution in [2.75, 3.05) is 0 Å². The first-order valence-corrected chi connectivity index (χ1v) is 7.31. The van der Waals surface area contributed by atoms with Crippen LogP contribution in [0.15, 0.2) is 21.9 Å². The highest BCUT2D eigenvalue weighted by atomic mass is 32.1. The van der Waals surface area contributed by atoms with Crippen molar-refractivity contribution in [3.63, 3.8) is 0 Å². The maximum Gasteiger partial charge on any atom is 0.230 e. The minimum atomic E-state index is 0.698. The van der Waals surface area contributed by atoms with Crippen LogP contribution in [0.4, 0.5) is 0 Å². The van der Waals surface area contributed by atoms with Gasteiger partial charge in [-0.1, -0.05) is 13.0 Å². The molecule has 0 atom stereocenters. The van der Waals surface area contributed by atoms with Gasteiger partial charge >= 0.3 is 0 Å². The molecule has 2 heterocycles. The van der Waals surface area contributed by atoms with E-state index in [4.69, 9.17) is 4.42 Å². The molecule has 3 rings (SSSR count). The molecular formula is C13H17N3OS. The fraction of sp³-hybridized carbons (Fsp3) is 0.538. The summed E-state index contributed by atoms with van der Waals surface area (Å²) in [5.74, 6) is 1.48. The van der Waals surface area contributed by atoms with Crippen LogP contribution in [0.2, 0.25) is 0 Å². The Labute approximate surface area is 111 Å². The molecule has 1 aliphatic rings. The van der Waals surface area contributed by atoms with Gasteiger partial charge in [-0.2, -0.15) is 0 Å². The number of rotatable bonds is 6. The highest BCUT2D eigenvalue weighted by molar-refractivity contribution is 7.09. The highest BCUT2D eigenvalue weighted by Crippen LogP contribution is 2.30. The summed E-state index contributed by atoms with van der Waals surface area (Å²) in [5.41, 5.74) is 0. The Balaban J connectivity index is 1.66. The largest absolute Gasteiger partial charge is 0.424 e. The van der Waals surface area contributed by atoms with Crippen molar-refractivity contribution in [3.05, 3.63) is 34.2 Å². The molecular weight excluding hydrogens is 246 g/mol. The summed E-state index contributed by atoms with van der Waals surface area (Å²) in [6.07, 6.45) is 3.39. The van der Waals surface area contributed by atoms with E-state index >= 15 is 0 Å². The Morgan fingerprint density at radius 3 is 2.78 bits per heavy atom. The third-order valence-corrected chi connectivity index (χ3v) is 4.01. The molecule has 1 fully saturated rings. The van der Waals surface area contributed by atoms with E-state index in [1.165, 1.54) is 17.7 Å². The first-order valence-electron chi connectivity index (χ1n) is 6.43. The van der Waals surface area contributed by atoms with Crippen LogP contribution in [-0.4, -0.2) is 21.1 Å². The SMILES string of the molecule is CCc1nnc(CN(Cc2cccs2)C2CC2)o1. The van der Waals surface area contributed by atoms with Gasteiger partial charge in [-0.3, -0.25) is 4.90 Å². The predicted molar refractivity (Wildman–Crippen MR) is 70.3 cm³/mol. The molecule has 5 heteroatoms. The molecule has 4 nitrogen and oxygen atoms in total. The van der Waals surface area contributed by atoms with Crippen LogP contribution < -0.4 is 0 Å². The van der Waals surface area contributed by atoms with Crippen LogP contribution in [0.5, 0.6) is 0 Å². The second-order valence-corrected chi connectivity index (χ2v) is 5.69. The van der Waals surface area contributed by atoms with Crippen LogP contribution in [0.1, 0.15) is 36.4 Å². The van der Waals surface area contributed by atoms with Gasteiger partial charge < -0.3 is 4.42 Å². The number of nitrogens with zero attached hydrogens (tertiary/aromatic N) is 3. The maximum atomic E-state index is 5.60. The average Bonchev–Trinajstić information content (AvgIpc) is 2.92. The first-order chi connectivity index (χ1) is 8.85. The summed E-state index contributed by atoms with van der Waals surface area (Å²) in [6.45, 7) is 3.79. The van der Waals surface area contributed by atoms with E-state index in [0.717, 1.165) is 31.3 Å². The summed E-state index contributed by atoms with van der Waals surface area (Å²) < 4.78 is 5.60. The lowest BCUT2D eigenvalue weighted by Crippen LogP contribution is -2.24. The van der Waals surface area contributed by atoms with Crippen molar-refractivity contribution >= 4 is 11.3 Å². The van der Waals surface area contributed by atoms with Crippen LogP contribution in [-0.2, 0) is 19.5 Å². The molecule has 0 aliphatic heterocycles. The maximum absolute atomic E-state index is 5.60. The molecule has 18 heavy (non-hydrogen) atoms. The zero-order valence-corrected chi connectivity index (χ0v) is 11.3. The number of aromatic nitrogens is 2. The van der Waals surface area contributed by atoms with E-state index < -0.39 is 0 Å². The highest BCUT2D eigenvalue weighted by Gasteiger charge is 2.30. The molecule has 0 saturated heterocycles. The molecule has 2 aromatic heterocycles. The molecule has 1 saturated carbocycles. The summed E-state index contributed by atoms with van der Waals surface area (Å²) >= 11 is 1.81. The monoisotopic (exact) mass is 263 g/mol. The summed E-state index contributed by atoms with van der Waals surface area (Å²) in [5, 5.41) is 10.3. The molecule has 0 radical (unpaired) electrons. The number of hydrogen-bond acceptors (Lipinski definition) is 5. The number of hydrogen-bond donors (Lipinski definition) is 0. The molecule has 1 aliphatic carbocycles. The molecule has 0 bridgehead atoms. The van der Waals surface area contributed by atoms with Gasteiger partial charge in [-0.05, 0) is 24.3 Å². The van der Waals surface area contributed by atoms with E-state index in [0.29, 0.717) is 6.04 Å². The average molecular weight is 263 g/mol. The van der Waals surface area contributed by atoms with Gasteiger partial charge in [0.1, 0.15) is 0 Å². The van der Waals surface area contributed by atoms with Gasteiger partial charge in [0.05, 0.1) is 6.54 Å². The van der Waals surface area contributed by atoms with Crippen LogP contribution >= 0.6 is 11.3 Å². The molecule has 0 N–H and O–H groups in total. The molecule has 0 amide bonds. The lowest BCUT2D eigenvalue weighted by Gasteiger charge is -2.18. The van der Waals surface area contributed by atoms with Gasteiger partial charge in [0.15, 0.2) is 0 Å². The molecule has 0 unspecified atom stereocenters. The van der Waals surface area contributed by atoms with Crippen molar-refractivity contribution in [2.24, 2.45) is 0 Å². The van der Waals surface area contributed by atoms with Crippen molar-refractivity contribution < 1.29 is 4.42 Å². The van der Waals surface area contributed by atoms with E-state index in [-0.39, 0.29) is 0 Å². The lowest BCUT2D eigenvalue weighted by atomic mass is 10.4. The van der Waals surface area contributed by atoms with Crippen molar-refractivity contribution in [1.29, 1.82) is 0 Å². The molecule has 0 aromatic carbocycles. The van der Waals surface area contributed by atoms with Gasteiger partial charge in [-0.25, -0.2) is 0 Å². The van der Waals surface area contributed by atoms with Gasteiger partial charge in [-0.15, -0.1) is 21.5 Å². The minimum Gasteiger partial charge on any atom is -0.424 e. The third kappa shape index (κ3) is 2.79. The van der Waals surface area contributed by atoms with E-state index in [2.05, 4.69) is 32.6 Å². The zero-order valence-electron chi connectivity index (χ0n) is 10.5. The zero-order chi connectivity index (χ0) is 12.4. The quantitative estimate of drug-likeness (QED) is 0.803. The van der Waals surface area contributed by atoms with Crippen LogP contribution in [0.25, 0.3) is 0 Å². The third-order valence-electron chi connectivity index (χ3n) is 3.15. The van der Waals surface area contributed by atoms with E-state index in [9.17, 15) is 0 Å². The number of thiophene rings is 1. The van der Waals surface area contributed by atoms with Crippen LogP contribution in [0, 0.1) is 0 Å². The summed E-state index contributed by atoms with van der Waals surface area (Å²) in [6, 6.07) is 4.99. The smallest absolute Gasteiger partial charge is 0.230 e. The Morgan fingerprint density at radius 2 is 2.17 bits per heavy atom. The summed E-state index contributed by atoms with van der Waals surface area (Å²) in [7, 11) is 0. The lowest BCUT2D eigenvalue weighted by molar-refractivity contribution is 0.220. The second-order valence-electron chi connectivity index (χ2n) is 4.66. The fourth-order valence-corrected chi connectivity index (χ4v) is 2.75. The number of aryl methyl sites for hydroxylation is 1. The normalized spacial score (nSPS) is 15.4. The van der Waals surface area contributed by atoms with Crippen molar-refractivity contribution in [3.8, 4) is 0 Å². The van der Waals surface area contributed by atoms with Crippen LogP contribution in [0.3, 0.4) is 0 Å². The van der Waals surface area contributed by atoms with E-state index in [1.807, 2.05) is 18.3 Å². The topological polar surface area (TPSA) is 42.2 Å². The Kier molecular flexibility index (Phi) is 3.43. The Morgan fingerprint density at radius 1 is 1.33 bits per heavy atom. The van der Waals surface area contributed by atoms with Gasteiger partial charge in [0.25, 0.3) is 0 Å². The summed E-state index contributed by atoms with van der Waals surface area (Å²) in [4.78, 5) is 3.84. The molecule has 96 valence electrons. The van der Waals surface area contributed by atoms with Crippen molar-refractivity contribution in [1.82, 2.24) is 15.1 Å². The Hall–Kier alpha value is -1.20. The predicted octanol–water partition coefficient (Wildman–Crippen LogP) is 2.86. The first kappa shape index (κ1) is 11.9. The molecule has 2 aromatic rings. The van der Waals surface area contributed by atoms with E-state index in [1.54, 1.807) is 0 Å². The standard InChI is InChI=1S/C13H17N3OS/c1-2-12-14-15-13(17-12)9-16(10-5-6-10)8-11-4-3-7-18-11/h3-4,7,10H,2,5-6,8-9H2,1H3. The second kappa shape index (κ2) is 5.20. The van der Waals surface area contributed by atoms with Gasteiger partial charge in [0.2, 0.25) is 11.8 Å². The fourth-order valence-electron chi connectivity index (χ4n) is 2.03. The van der Waals surface area contributed by atoms with Crippen molar-refractivity contribution in [2.45, 2.75) is 45.3 Å². The Bertz CT molecular complexity index is 490. The molecule has 0 spiro atoms.